The van der Waals surface area contributed by atoms with Crippen molar-refractivity contribution in [3.05, 3.63) is 0 Å². The first-order valence-electron chi connectivity index (χ1n) is 6.21. The van der Waals surface area contributed by atoms with Crippen molar-refractivity contribution in [2.45, 2.75) is 40.0 Å². The van der Waals surface area contributed by atoms with E-state index in [0.29, 0.717) is 5.92 Å². The number of nitrogens with one attached hydrogen (secondary N) is 1. The molecule has 2 atom stereocenters. The number of carbonyl (C=O) groups is 1. The molecule has 1 saturated carbocycles. The third kappa shape index (κ3) is 3.40. The van der Waals surface area contributed by atoms with Gasteiger partial charge in [0.1, 0.15) is 0 Å². The van der Waals surface area contributed by atoms with E-state index in [9.17, 15) is 4.79 Å². The first-order chi connectivity index (χ1) is 7.19. The van der Waals surface area contributed by atoms with Crippen molar-refractivity contribution >= 4 is 6.03 Å². The van der Waals surface area contributed by atoms with E-state index in [-0.39, 0.29) is 6.03 Å². The second-order valence-electron chi connectivity index (χ2n) is 4.53. The van der Waals surface area contributed by atoms with Crippen molar-refractivity contribution in [3.63, 3.8) is 0 Å². The van der Waals surface area contributed by atoms with E-state index >= 15 is 0 Å². The van der Waals surface area contributed by atoms with Crippen LogP contribution in [0, 0.1) is 11.8 Å². The van der Waals surface area contributed by atoms with Gasteiger partial charge in [-0.05, 0) is 32.1 Å². The van der Waals surface area contributed by atoms with Gasteiger partial charge >= 0.3 is 6.03 Å². The zero-order chi connectivity index (χ0) is 11.3. The average Bonchev–Trinajstić information content (AvgIpc) is 2.63. The van der Waals surface area contributed by atoms with Gasteiger partial charge in [-0.3, -0.25) is 0 Å². The molecule has 0 aromatic heterocycles. The first kappa shape index (κ1) is 12.3. The lowest BCUT2D eigenvalue weighted by Crippen LogP contribution is -2.41. The number of nitrogens with zero attached hydrogens (tertiary/aromatic N) is 1. The molecular formula is C12H24N2O. The normalized spacial score (nSPS) is 25.3. The fourth-order valence-corrected chi connectivity index (χ4v) is 2.37. The van der Waals surface area contributed by atoms with Crippen LogP contribution in [0.2, 0.25) is 0 Å². The molecule has 0 aromatic rings. The van der Waals surface area contributed by atoms with Crippen molar-refractivity contribution in [3.8, 4) is 0 Å². The monoisotopic (exact) mass is 212 g/mol. The molecule has 1 N–H and O–H groups in total. The second kappa shape index (κ2) is 5.99. The number of carbonyl (C=O) groups excluding carboxylic acids is 1. The molecule has 0 aromatic carbocycles. The van der Waals surface area contributed by atoms with Crippen LogP contribution in [0.3, 0.4) is 0 Å². The summed E-state index contributed by atoms with van der Waals surface area (Å²) in [5.41, 5.74) is 0. The molecule has 1 rings (SSSR count). The Morgan fingerprint density at radius 1 is 1.33 bits per heavy atom. The Labute approximate surface area is 93.2 Å². The summed E-state index contributed by atoms with van der Waals surface area (Å²) in [4.78, 5) is 13.5. The minimum atomic E-state index is 0.0964. The van der Waals surface area contributed by atoms with Gasteiger partial charge in [0.25, 0.3) is 0 Å². The Kier molecular flexibility index (Phi) is 4.92. The molecule has 0 heterocycles. The van der Waals surface area contributed by atoms with Gasteiger partial charge in [0.15, 0.2) is 0 Å². The predicted octanol–water partition coefficient (Wildman–Crippen LogP) is 2.47. The lowest BCUT2D eigenvalue weighted by Gasteiger charge is -2.22. The fourth-order valence-electron chi connectivity index (χ4n) is 2.37. The van der Waals surface area contributed by atoms with Crippen LogP contribution < -0.4 is 5.32 Å². The smallest absolute Gasteiger partial charge is 0.317 e. The molecule has 1 aliphatic rings. The van der Waals surface area contributed by atoms with Crippen molar-refractivity contribution in [1.29, 1.82) is 0 Å². The molecule has 3 nitrogen and oxygen atoms in total. The maximum absolute atomic E-state index is 11.7. The first-order valence-corrected chi connectivity index (χ1v) is 6.21. The van der Waals surface area contributed by atoms with Crippen LogP contribution in [0.25, 0.3) is 0 Å². The third-order valence-corrected chi connectivity index (χ3v) is 3.61. The van der Waals surface area contributed by atoms with Gasteiger partial charge in [-0.1, -0.05) is 19.8 Å². The summed E-state index contributed by atoms with van der Waals surface area (Å²) in [5, 5.41) is 3.04. The zero-order valence-corrected chi connectivity index (χ0v) is 10.3. The van der Waals surface area contributed by atoms with Gasteiger partial charge < -0.3 is 10.2 Å². The molecule has 1 aliphatic carbocycles. The van der Waals surface area contributed by atoms with Crippen LogP contribution in [0.5, 0.6) is 0 Å². The molecule has 3 heteroatoms. The summed E-state index contributed by atoms with van der Waals surface area (Å²) in [5.74, 6) is 1.48. The third-order valence-electron chi connectivity index (χ3n) is 3.61. The highest BCUT2D eigenvalue weighted by Crippen LogP contribution is 2.30. The topological polar surface area (TPSA) is 32.3 Å². The van der Waals surface area contributed by atoms with Crippen LogP contribution in [0.15, 0.2) is 0 Å². The van der Waals surface area contributed by atoms with E-state index in [4.69, 9.17) is 0 Å². The lowest BCUT2D eigenvalue weighted by atomic mass is 9.98. The fraction of sp³-hybridized carbons (Fsp3) is 0.917. The highest BCUT2D eigenvalue weighted by Gasteiger charge is 2.23. The second-order valence-corrected chi connectivity index (χ2v) is 4.53. The summed E-state index contributed by atoms with van der Waals surface area (Å²) in [6, 6.07) is 0.0964. The quantitative estimate of drug-likeness (QED) is 0.763. The SMILES string of the molecule is CCN(CC)C(=O)NCC1CCCC1C. The molecule has 1 fully saturated rings. The van der Waals surface area contributed by atoms with E-state index in [1.54, 1.807) is 0 Å². The van der Waals surface area contributed by atoms with Gasteiger partial charge in [0.2, 0.25) is 0 Å². The number of rotatable bonds is 4. The average molecular weight is 212 g/mol. The summed E-state index contributed by atoms with van der Waals surface area (Å²) >= 11 is 0. The molecule has 15 heavy (non-hydrogen) atoms. The van der Waals surface area contributed by atoms with Gasteiger partial charge in [-0.2, -0.15) is 0 Å². The molecule has 0 saturated heterocycles. The number of urea groups is 1. The Bertz CT molecular complexity index is 202. The van der Waals surface area contributed by atoms with Crippen molar-refractivity contribution in [1.82, 2.24) is 10.2 Å². The Morgan fingerprint density at radius 3 is 2.47 bits per heavy atom. The molecule has 2 amide bonds. The molecule has 0 bridgehead atoms. The number of amides is 2. The highest BCUT2D eigenvalue weighted by atomic mass is 16.2. The maximum Gasteiger partial charge on any atom is 0.317 e. The summed E-state index contributed by atoms with van der Waals surface area (Å²) < 4.78 is 0. The molecule has 0 spiro atoms. The van der Waals surface area contributed by atoms with Crippen molar-refractivity contribution in [2.75, 3.05) is 19.6 Å². The van der Waals surface area contributed by atoms with Crippen molar-refractivity contribution in [2.24, 2.45) is 11.8 Å². The minimum Gasteiger partial charge on any atom is -0.338 e. The Morgan fingerprint density at radius 2 is 2.00 bits per heavy atom. The van der Waals surface area contributed by atoms with Gasteiger partial charge in [-0.25, -0.2) is 4.79 Å². The van der Waals surface area contributed by atoms with Crippen LogP contribution in [-0.4, -0.2) is 30.6 Å². The summed E-state index contributed by atoms with van der Waals surface area (Å²) in [7, 11) is 0. The van der Waals surface area contributed by atoms with Crippen LogP contribution >= 0.6 is 0 Å². The van der Waals surface area contributed by atoms with E-state index in [1.165, 1.54) is 19.3 Å². The Balaban J connectivity index is 2.26. The van der Waals surface area contributed by atoms with E-state index in [2.05, 4.69) is 12.2 Å². The molecule has 0 aliphatic heterocycles. The number of hydrogen-bond acceptors (Lipinski definition) is 1. The van der Waals surface area contributed by atoms with E-state index < -0.39 is 0 Å². The molecule has 88 valence electrons. The number of hydrogen-bond donors (Lipinski definition) is 1. The maximum atomic E-state index is 11.7. The van der Waals surface area contributed by atoms with E-state index in [0.717, 1.165) is 25.6 Å². The molecule has 0 radical (unpaired) electrons. The van der Waals surface area contributed by atoms with Crippen LogP contribution in [0.4, 0.5) is 4.79 Å². The largest absolute Gasteiger partial charge is 0.338 e. The van der Waals surface area contributed by atoms with Gasteiger partial charge in [0.05, 0.1) is 0 Å². The minimum absolute atomic E-state index is 0.0964. The standard InChI is InChI=1S/C12H24N2O/c1-4-14(5-2)12(15)13-9-11-8-6-7-10(11)3/h10-11H,4-9H2,1-3H3,(H,13,15). The predicted molar refractivity (Wildman–Crippen MR) is 62.8 cm³/mol. The lowest BCUT2D eigenvalue weighted by molar-refractivity contribution is 0.200. The molecule has 2 unspecified atom stereocenters. The summed E-state index contributed by atoms with van der Waals surface area (Å²) in [6.45, 7) is 8.77. The molecular weight excluding hydrogens is 188 g/mol. The van der Waals surface area contributed by atoms with E-state index in [1.807, 2.05) is 18.7 Å². The van der Waals surface area contributed by atoms with Crippen LogP contribution in [0.1, 0.15) is 40.0 Å². The zero-order valence-electron chi connectivity index (χ0n) is 10.3. The Hall–Kier alpha value is -0.730. The van der Waals surface area contributed by atoms with Gasteiger partial charge in [0, 0.05) is 19.6 Å². The van der Waals surface area contributed by atoms with Gasteiger partial charge in [-0.15, -0.1) is 0 Å². The summed E-state index contributed by atoms with van der Waals surface area (Å²) in [6.07, 6.45) is 3.93. The van der Waals surface area contributed by atoms with Crippen molar-refractivity contribution < 1.29 is 4.79 Å². The highest BCUT2D eigenvalue weighted by molar-refractivity contribution is 5.74. The van der Waals surface area contributed by atoms with Crippen LogP contribution in [-0.2, 0) is 0 Å².